The number of rotatable bonds is 3. The van der Waals surface area contributed by atoms with E-state index in [0.29, 0.717) is 11.4 Å². The van der Waals surface area contributed by atoms with Crippen LogP contribution in [0.1, 0.15) is 10.4 Å². The van der Waals surface area contributed by atoms with Gasteiger partial charge in [0.25, 0.3) is 5.69 Å². The number of nitro groups is 1. The summed E-state index contributed by atoms with van der Waals surface area (Å²) in [7, 11) is 0. The zero-order chi connectivity index (χ0) is 14.7. The van der Waals surface area contributed by atoms with Crippen LogP contribution in [0.25, 0.3) is 0 Å². The molecule has 0 aliphatic rings. The number of nitrogens with two attached hydrogens (primary N) is 2. The first kappa shape index (κ1) is 13.3. The molecule has 0 unspecified atom stereocenters. The van der Waals surface area contributed by atoms with E-state index in [9.17, 15) is 14.9 Å². The fraction of sp³-hybridized carbons (Fsp3) is 0. The van der Waals surface area contributed by atoms with Crippen molar-refractivity contribution in [1.29, 1.82) is 0 Å². The van der Waals surface area contributed by atoms with Crippen LogP contribution >= 0.6 is 0 Å². The molecular weight excluding hydrogens is 262 g/mol. The minimum atomic E-state index is -0.641. The van der Waals surface area contributed by atoms with E-state index in [-0.39, 0.29) is 17.0 Å². The molecule has 102 valence electrons. The largest absolute Gasteiger partial charge is 0.423 e. The zero-order valence-corrected chi connectivity index (χ0v) is 10.3. The molecule has 2 aromatic rings. The predicted molar refractivity (Wildman–Crippen MR) is 73.3 cm³/mol. The van der Waals surface area contributed by atoms with Crippen LogP contribution in [0.2, 0.25) is 0 Å². The number of esters is 1. The Morgan fingerprint density at radius 2 is 1.60 bits per heavy atom. The number of anilines is 2. The molecule has 0 fully saturated rings. The lowest BCUT2D eigenvalue weighted by Crippen LogP contribution is -2.09. The Morgan fingerprint density at radius 3 is 2.10 bits per heavy atom. The van der Waals surface area contributed by atoms with Crippen molar-refractivity contribution in [1.82, 2.24) is 0 Å². The normalized spacial score (nSPS) is 10.0. The molecule has 0 bridgehead atoms. The van der Waals surface area contributed by atoms with Crippen LogP contribution in [0.4, 0.5) is 17.1 Å². The molecule has 7 nitrogen and oxygen atoms in total. The van der Waals surface area contributed by atoms with Gasteiger partial charge in [-0.2, -0.15) is 0 Å². The number of nitro benzene ring substituents is 1. The summed E-state index contributed by atoms with van der Waals surface area (Å²) < 4.78 is 5.07. The monoisotopic (exact) mass is 273 g/mol. The molecule has 0 saturated heterocycles. The summed E-state index contributed by atoms with van der Waals surface area (Å²) in [5.41, 5.74) is 12.0. The number of hydrogen-bond donors (Lipinski definition) is 2. The molecule has 4 N–H and O–H groups in total. The van der Waals surface area contributed by atoms with Crippen molar-refractivity contribution in [2.24, 2.45) is 0 Å². The maximum atomic E-state index is 11.9. The maximum Gasteiger partial charge on any atom is 0.343 e. The van der Waals surface area contributed by atoms with Gasteiger partial charge in [-0.05, 0) is 30.3 Å². The van der Waals surface area contributed by atoms with Crippen LogP contribution < -0.4 is 16.2 Å². The third-order valence-corrected chi connectivity index (χ3v) is 2.47. The fourth-order valence-electron chi connectivity index (χ4n) is 1.60. The van der Waals surface area contributed by atoms with Crippen LogP contribution in [-0.4, -0.2) is 10.9 Å². The fourth-order valence-corrected chi connectivity index (χ4v) is 1.60. The Bertz CT molecular complexity index is 648. The summed E-state index contributed by atoms with van der Waals surface area (Å²) in [6.07, 6.45) is 0. The molecule has 2 rings (SSSR count). The van der Waals surface area contributed by atoms with Crippen molar-refractivity contribution < 1.29 is 14.5 Å². The van der Waals surface area contributed by atoms with Crippen LogP contribution in [0.5, 0.6) is 5.75 Å². The highest BCUT2D eigenvalue weighted by Gasteiger charge is 2.11. The van der Waals surface area contributed by atoms with Gasteiger partial charge in [0, 0.05) is 23.5 Å². The van der Waals surface area contributed by atoms with Crippen molar-refractivity contribution in [3.8, 4) is 5.75 Å². The molecule has 0 radical (unpaired) electrons. The van der Waals surface area contributed by atoms with E-state index in [1.165, 1.54) is 42.5 Å². The van der Waals surface area contributed by atoms with Crippen molar-refractivity contribution in [2.75, 3.05) is 11.5 Å². The predicted octanol–water partition coefficient (Wildman–Crippen LogP) is 1.98. The molecular formula is C13H11N3O4. The lowest BCUT2D eigenvalue weighted by molar-refractivity contribution is -0.384. The third-order valence-electron chi connectivity index (χ3n) is 2.47. The topological polar surface area (TPSA) is 121 Å². The molecule has 0 heterocycles. The van der Waals surface area contributed by atoms with Gasteiger partial charge < -0.3 is 16.2 Å². The van der Waals surface area contributed by atoms with Crippen molar-refractivity contribution >= 4 is 23.0 Å². The van der Waals surface area contributed by atoms with Gasteiger partial charge in [0.2, 0.25) is 0 Å². The molecule has 2 aromatic carbocycles. The SMILES string of the molecule is Nc1cc(N)cc(C(=O)Oc2ccc([N+](=O)[O-])cc2)c1. The average Bonchev–Trinajstić information content (AvgIpc) is 2.38. The molecule has 0 atom stereocenters. The minimum Gasteiger partial charge on any atom is -0.423 e. The van der Waals surface area contributed by atoms with E-state index in [1.807, 2.05) is 0 Å². The molecule has 0 spiro atoms. The number of nitrogen functional groups attached to an aromatic ring is 2. The summed E-state index contributed by atoms with van der Waals surface area (Å²) in [6.45, 7) is 0. The summed E-state index contributed by atoms with van der Waals surface area (Å²) in [5.74, 6) is -0.445. The Morgan fingerprint density at radius 1 is 1.05 bits per heavy atom. The first-order valence-electron chi connectivity index (χ1n) is 5.58. The van der Waals surface area contributed by atoms with Crippen LogP contribution in [-0.2, 0) is 0 Å². The van der Waals surface area contributed by atoms with Crippen LogP contribution in [0.3, 0.4) is 0 Å². The van der Waals surface area contributed by atoms with E-state index in [4.69, 9.17) is 16.2 Å². The number of carbonyl (C=O) groups is 1. The molecule has 0 aromatic heterocycles. The number of non-ortho nitro benzene ring substituents is 1. The van der Waals surface area contributed by atoms with Gasteiger partial charge in [-0.1, -0.05) is 0 Å². The lowest BCUT2D eigenvalue weighted by atomic mass is 10.2. The summed E-state index contributed by atoms with van der Waals surface area (Å²) in [5, 5.41) is 10.5. The van der Waals surface area contributed by atoms with E-state index >= 15 is 0 Å². The van der Waals surface area contributed by atoms with Crippen molar-refractivity contribution in [2.45, 2.75) is 0 Å². The van der Waals surface area contributed by atoms with Gasteiger partial charge in [0.05, 0.1) is 10.5 Å². The molecule has 0 saturated carbocycles. The molecule has 0 aliphatic carbocycles. The number of benzene rings is 2. The standard InChI is InChI=1S/C13H11N3O4/c14-9-5-8(6-10(15)7-9)13(17)20-12-3-1-11(2-4-12)16(18)19/h1-7H,14-15H2. The summed E-state index contributed by atoms with van der Waals surface area (Å²) >= 11 is 0. The van der Waals surface area contributed by atoms with Gasteiger partial charge in [-0.25, -0.2) is 4.79 Å². The van der Waals surface area contributed by atoms with Crippen molar-refractivity contribution in [3.05, 3.63) is 58.1 Å². The number of carbonyl (C=O) groups excluding carboxylic acids is 1. The molecule has 0 aliphatic heterocycles. The first-order valence-corrected chi connectivity index (χ1v) is 5.58. The number of hydrogen-bond acceptors (Lipinski definition) is 6. The maximum absolute atomic E-state index is 11.9. The minimum absolute atomic E-state index is 0.0852. The highest BCUT2D eigenvalue weighted by molar-refractivity contribution is 5.93. The second kappa shape index (κ2) is 5.27. The Hall–Kier alpha value is -3.09. The van der Waals surface area contributed by atoms with Crippen LogP contribution in [0.15, 0.2) is 42.5 Å². The summed E-state index contributed by atoms with van der Waals surface area (Å²) in [6, 6.07) is 9.56. The van der Waals surface area contributed by atoms with E-state index in [2.05, 4.69) is 0 Å². The second-order valence-corrected chi connectivity index (χ2v) is 4.03. The highest BCUT2D eigenvalue weighted by Crippen LogP contribution is 2.20. The molecule has 7 heteroatoms. The molecule has 20 heavy (non-hydrogen) atoms. The Kier molecular flexibility index (Phi) is 3.52. The quantitative estimate of drug-likeness (QED) is 0.290. The van der Waals surface area contributed by atoms with Gasteiger partial charge >= 0.3 is 5.97 Å². The Balaban J connectivity index is 2.16. The van der Waals surface area contributed by atoms with E-state index in [0.717, 1.165) is 0 Å². The van der Waals surface area contributed by atoms with Crippen molar-refractivity contribution in [3.63, 3.8) is 0 Å². The zero-order valence-electron chi connectivity index (χ0n) is 10.3. The van der Waals surface area contributed by atoms with Gasteiger partial charge in [-0.15, -0.1) is 0 Å². The molecule has 0 amide bonds. The van der Waals surface area contributed by atoms with Gasteiger partial charge in [0.1, 0.15) is 5.75 Å². The lowest BCUT2D eigenvalue weighted by Gasteiger charge is -2.06. The highest BCUT2D eigenvalue weighted by atomic mass is 16.6. The first-order chi connectivity index (χ1) is 9.45. The Labute approximate surface area is 113 Å². The van der Waals surface area contributed by atoms with E-state index < -0.39 is 10.9 Å². The smallest absolute Gasteiger partial charge is 0.343 e. The number of ether oxygens (including phenoxy) is 1. The average molecular weight is 273 g/mol. The second-order valence-electron chi connectivity index (χ2n) is 4.03. The summed E-state index contributed by atoms with van der Waals surface area (Å²) in [4.78, 5) is 21.8. The van der Waals surface area contributed by atoms with Gasteiger partial charge in [-0.3, -0.25) is 10.1 Å². The number of nitrogens with zero attached hydrogens (tertiary/aromatic N) is 1. The van der Waals surface area contributed by atoms with Crippen LogP contribution in [0, 0.1) is 10.1 Å². The van der Waals surface area contributed by atoms with Gasteiger partial charge in [0.15, 0.2) is 0 Å². The third kappa shape index (κ3) is 3.02. The van der Waals surface area contributed by atoms with E-state index in [1.54, 1.807) is 0 Å².